The molecule has 5 nitrogen and oxygen atoms in total. The molecule has 0 unspecified atom stereocenters. The first-order chi connectivity index (χ1) is 9.69. The monoisotopic (exact) mass is 286 g/mol. The van der Waals surface area contributed by atoms with Crippen LogP contribution in [0.1, 0.15) is 10.4 Å². The topological polar surface area (TPSA) is 72.1 Å². The van der Waals surface area contributed by atoms with Crippen molar-refractivity contribution in [1.29, 1.82) is 0 Å². The summed E-state index contributed by atoms with van der Waals surface area (Å²) >= 11 is 1.52. The summed E-state index contributed by atoms with van der Waals surface area (Å²) < 4.78 is 4.67. The fourth-order valence-electron chi connectivity index (χ4n) is 1.92. The van der Waals surface area contributed by atoms with Crippen molar-refractivity contribution >= 4 is 28.2 Å². The van der Waals surface area contributed by atoms with Crippen LogP contribution in [0.5, 0.6) is 0 Å². The molecule has 1 aromatic carbocycles. The third kappa shape index (κ3) is 2.10. The maximum Gasteiger partial charge on any atom is 0.337 e. The number of fused-ring (bicyclic) bond motifs is 1. The Balaban J connectivity index is 2.23. The summed E-state index contributed by atoms with van der Waals surface area (Å²) in [6, 6.07) is 6.56. The van der Waals surface area contributed by atoms with Gasteiger partial charge < -0.3 is 9.72 Å². The zero-order chi connectivity index (χ0) is 14.1. The van der Waals surface area contributed by atoms with Crippen LogP contribution in [0, 0.1) is 0 Å². The predicted octanol–water partition coefficient (Wildman–Crippen LogP) is 2.44. The number of hydrogen-bond acceptors (Lipinski definition) is 5. The van der Waals surface area contributed by atoms with Gasteiger partial charge in [0.25, 0.3) is 5.56 Å². The number of methoxy groups -OCH3 is 1. The Labute approximate surface area is 117 Å². The van der Waals surface area contributed by atoms with Crippen molar-refractivity contribution in [2.75, 3.05) is 7.11 Å². The minimum absolute atomic E-state index is 0.229. The molecule has 3 aromatic rings. The van der Waals surface area contributed by atoms with Crippen LogP contribution in [0.4, 0.5) is 0 Å². The molecule has 2 heterocycles. The zero-order valence-corrected chi connectivity index (χ0v) is 11.4. The predicted molar refractivity (Wildman–Crippen MR) is 77.0 cm³/mol. The average molecular weight is 286 g/mol. The number of H-pyrrole nitrogens is 1. The third-order valence-electron chi connectivity index (χ3n) is 2.92. The van der Waals surface area contributed by atoms with Gasteiger partial charge in [-0.25, -0.2) is 9.78 Å². The first-order valence-corrected chi connectivity index (χ1v) is 6.78. The Morgan fingerprint density at radius 2 is 2.20 bits per heavy atom. The van der Waals surface area contributed by atoms with Gasteiger partial charge in [-0.3, -0.25) is 4.79 Å². The Morgan fingerprint density at radius 3 is 2.90 bits per heavy atom. The Morgan fingerprint density at radius 1 is 1.35 bits per heavy atom. The van der Waals surface area contributed by atoms with Crippen LogP contribution in [0.3, 0.4) is 0 Å². The van der Waals surface area contributed by atoms with E-state index in [0.717, 1.165) is 5.56 Å². The van der Waals surface area contributed by atoms with Crippen LogP contribution in [-0.4, -0.2) is 23.0 Å². The molecule has 0 radical (unpaired) electrons. The fraction of sp³-hybridized carbons (Fsp3) is 0.0714. The van der Waals surface area contributed by atoms with Crippen LogP contribution >= 0.6 is 11.3 Å². The number of hydrogen-bond donors (Lipinski definition) is 1. The lowest BCUT2D eigenvalue weighted by Gasteiger charge is -2.03. The number of esters is 1. The number of nitrogens with zero attached hydrogens (tertiary/aromatic N) is 1. The highest BCUT2D eigenvalue weighted by atomic mass is 32.1. The average Bonchev–Trinajstić information content (AvgIpc) is 3.00. The molecule has 2 aromatic heterocycles. The lowest BCUT2D eigenvalue weighted by Crippen LogP contribution is -2.10. The van der Waals surface area contributed by atoms with Gasteiger partial charge in [0.2, 0.25) is 0 Å². The molecule has 1 N–H and O–H groups in total. The van der Waals surface area contributed by atoms with Gasteiger partial charge in [0.1, 0.15) is 5.82 Å². The van der Waals surface area contributed by atoms with E-state index < -0.39 is 5.97 Å². The van der Waals surface area contributed by atoms with Crippen molar-refractivity contribution in [2.45, 2.75) is 0 Å². The lowest BCUT2D eigenvalue weighted by molar-refractivity contribution is 0.0601. The van der Waals surface area contributed by atoms with Gasteiger partial charge >= 0.3 is 5.97 Å². The van der Waals surface area contributed by atoms with E-state index in [-0.39, 0.29) is 5.56 Å². The smallest absolute Gasteiger partial charge is 0.337 e. The minimum Gasteiger partial charge on any atom is -0.465 e. The number of aromatic nitrogens is 2. The Kier molecular flexibility index (Phi) is 3.08. The number of nitrogens with one attached hydrogen (secondary N) is 1. The summed E-state index contributed by atoms with van der Waals surface area (Å²) in [5.74, 6) is 0.0387. The number of aromatic amines is 1. The highest BCUT2D eigenvalue weighted by Gasteiger charge is 2.10. The second-order valence-corrected chi connectivity index (χ2v) is 4.93. The molecule has 0 aliphatic rings. The highest BCUT2D eigenvalue weighted by Crippen LogP contribution is 2.19. The van der Waals surface area contributed by atoms with E-state index in [9.17, 15) is 9.59 Å². The SMILES string of the molecule is COC(=O)c1ccc2c(=O)[nH]c(-c3ccsc3)nc2c1. The number of benzene rings is 1. The Hall–Kier alpha value is -2.47. The molecule has 6 heteroatoms. The molecular formula is C14H10N2O3S. The van der Waals surface area contributed by atoms with Crippen molar-refractivity contribution < 1.29 is 9.53 Å². The van der Waals surface area contributed by atoms with E-state index in [1.807, 2.05) is 16.8 Å². The van der Waals surface area contributed by atoms with E-state index in [4.69, 9.17) is 0 Å². The fourth-order valence-corrected chi connectivity index (χ4v) is 2.56. The molecule has 3 rings (SSSR count). The molecule has 0 bridgehead atoms. The van der Waals surface area contributed by atoms with Crippen molar-refractivity contribution in [2.24, 2.45) is 0 Å². The van der Waals surface area contributed by atoms with Crippen molar-refractivity contribution in [1.82, 2.24) is 9.97 Å². The van der Waals surface area contributed by atoms with E-state index >= 15 is 0 Å². The van der Waals surface area contributed by atoms with Crippen molar-refractivity contribution in [3.63, 3.8) is 0 Å². The number of carbonyl (C=O) groups excluding carboxylic acids is 1. The molecule has 0 amide bonds. The van der Waals surface area contributed by atoms with Gasteiger partial charge in [0.15, 0.2) is 0 Å². The maximum absolute atomic E-state index is 12.0. The number of ether oxygens (including phenoxy) is 1. The summed E-state index contributed by atoms with van der Waals surface area (Å²) in [5, 5.41) is 4.25. The third-order valence-corrected chi connectivity index (χ3v) is 3.61. The first kappa shape index (κ1) is 12.6. The quantitative estimate of drug-likeness (QED) is 0.734. The molecule has 0 fully saturated rings. The van der Waals surface area contributed by atoms with E-state index in [1.165, 1.54) is 18.4 Å². The molecule has 0 spiro atoms. The molecule has 0 aliphatic carbocycles. The molecule has 0 saturated heterocycles. The molecule has 20 heavy (non-hydrogen) atoms. The van der Waals surface area contributed by atoms with Crippen LogP contribution in [0.2, 0.25) is 0 Å². The second kappa shape index (κ2) is 4.90. The van der Waals surface area contributed by atoms with E-state index in [1.54, 1.807) is 18.2 Å². The summed E-state index contributed by atoms with van der Waals surface area (Å²) in [5.41, 5.74) is 1.46. The second-order valence-electron chi connectivity index (χ2n) is 4.15. The first-order valence-electron chi connectivity index (χ1n) is 5.84. The lowest BCUT2D eigenvalue weighted by atomic mass is 10.1. The largest absolute Gasteiger partial charge is 0.465 e. The molecular weight excluding hydrogens is 276 g/mol. The number of carbonyl (C=O) groups is 1. The van der Waals surface area contributed by atoms with Gasteiger partial charge in [-0.15, -0.1) is 0 Å². The molecule has 0 aliphatic heterocycles. The molecule has 0 atom stereocenters. The van der Waals surface area contributed by atoms with Gasteiger partial charge in [0, 0.05) is 10.9 Å². The van der Waals surface area contributed by atoms with Crippen molar-refractivity contribution in [3.8, 4) is 11.4 Å². The standard InChI is InChI=1S/C14H10N2O3S/c1-19-14(18)8-2-3-10-11(6-8)15-12(16-13(10)17)9-4-5-20-7-9/h2-7H,1H3,(H,15,16,17). The zero-order valence-electron chi connectivity index (χ0n) is 10.5. The summed E-state index contributed by atoms with van der Waals surface area (Å²) in [7, 11) is 1.31. The number of thiophene rings is 1. The van der Waals surface area contributed by atoms with Crippen LogP contribution in [0.15, 0.2) is 39.8 Å². The van der Waals surface area contributed by atoms with E-state index in [2.05, 4.69) is 14.7 Å². The maximum atomic E-state index is 12.0. The minimum atomic E-state index is -0.453. The highest BCUT2D eigenvalue weighted by molar-refractivity contribution is 7.08. The van der Waals surface area contributed by atoms with Gasteiger partial charge in [-0.2, -0.15) is 11.3 Å². The van der Waals surface area contributed by atoms with Gasteiger partial charge in [-0.05, 0) is 29.6 Å². The summed E-state index contributed by atoms with van der Waals surface area (Å²) in [6.07, 6.45) is 0. The normalized spacial score (nSPS) is 10.7. The molecule has 100 valence electrons. The van der Waals surface area contributed by atoms with Crippen LogP contribution in [0.25, 0.3) is 22.3 Å². The molecule has 0 saturated carbocycles. The summed E-state index contributed by atoms with van der Waals surface area (Å²) in [4.78, 5) is 30.7. The summed E-state index contributed by atoms with van der Waals surface area (Å²) in [6.45, 7) is 0. The van der Waals surface area contributed by atoms with Gasteiger partial charge in [-0.1, -0.05) is 0 Å². The van der Waals surface area contributed by atoms with Crippen LogP contribution < -0.4 is 5.56 Å². The Bertz CT molecular complexity index is 837. The van der Waals surface area contributed by atoms with Crippen molar-refractivity contribution in [3.05, 3.63) is 50.9 Å². The van der Waals surface area contributed by atoms with E-state index in [0.29, 0.717) is 22.3 Å². The van der Waals surface area contributed by atoms with Crippen LogP contribution in [-0.2, 0) is 4.74 Å². The number of rotatable bonds is 2. The van der Waals surface area contributed by atoms with Gasteiger partial charge in [0.05, 0.1) is 23.6 Å².